The number of nitrogens with zero attached hydrogens (tertiary/aromatic N) is 2. The summed E-state index contributed by atoms with van der Waals surface area (Å²) in [4.78, 5) is 20.5. The summed E-state index contributed by atoms with van der Waals surface area (Å²) in [5.74, 6) is 7.61. The number of ether oxygens (including phenoxy) is 1. The van der Waals surface area contributed by atoms with Crippen LogP contribution in [0.5, 0.6) is 5.75 Å². The second kappa shape index (κ2) is 10.0. The van der Waals surface area contributed by atoms with Crippen LogP contribution in [0.2, 0.25) is 0 Å². The lowest BCUT2D eigenvalue weighted by molar-refractivity contribution is 0.0978. The van der Waals surface area contributed by atoms with Gasteiger partial charge in [-0.05, 0) is 42.7 Å². The summed E-state index contributed by atoms with van der Waals surface area (Å²) in [6.07, 6.45) is 6.92. The molecule has 32 heavy (non-hydrogen) atoms. The molecule has 0 spiro atoms. The van der Waals surface area contributed by atoms with E-state index in [1.54, 1.807) is 0 Å². The Morgan fingerprint density at radius 1 is 1.28 bits per heavy atom. The van der Waals surface area contributed by atoms with E-state index in [0.29, 0.717) is 17.7 Å². The highest BCUT2D eigenvalue weighted by molar-refractivity contribution is 8.26. The largest absolute Gasteiger partial charge is 0.494 e. The Morgan fingerprint density at radius 2 is 2.03 bits per heavy atom. The Kier molecular flexibility index (Phi) is 7.18. The van der Waals surface area contributed by atoms with Gasteiger partial charge < -0.3 is 10.1 Å². The van der Waals surface area contributed by atoms with E-state index in [-0.39, 0.29) is 38.3 Å². The normalized spacial score (nSPS) is 12.3. The van der Waals surface area contributed by atoms with Crippen molar-refractivity contribution in [1.82, 2.24) is 15.3 Å². The predicted molar refractivity (Wildman–Crippen MR) is 118 cm³/mol. The van der Waals surface area contributed by atoms with E-state index in [4.69, 9.17) is 22.0 Å². The van der Waals surface area contributed by atoms with Crippen LogP contribution in [-0.2, 0) is 0 Å². The second-order valence-electron chi connectivity index (χ2n) is 6.63. The van der Waals surface area contributed by atoms with E-state index in [1.807, 2.05) is 0 Å². The third-order valence-corrected chi connectivity index (χ3v) is 4.93. The average molecular weight is 453 g/mol. The molecular weight excluding hydrogens is 436 g/mol. The number of carbonyl (C=O) groups is 1. The fourth-order valence-electron chi connectivity index (χ4n) is 2.61. The Hall–Kier alpha value is -3.76. The van der Waals surface area contributed by atoms with Gasteiger partial charge in [-0.25, -0.2) is 13.8 Å². The number of terminal acetylenes is 1. The van der Waals surface area contributed by atoms with Crippen LogP contribution in [-0.4, -0.2) is 33.2 Å². The Morgan fingerprint density at radius 3 is 2.66 bits per heavy atom. The van der Waals surface area contributed by atoms with Gasteiger partial charge in [0, 0.05) is 23.2 Å². The number of carbonyl (C=O) groups excluding carboxylic acids is 1. The average Bonchev–Trinajstić information content (AvgIpc) is 3.61. The van der Waals surface area contributed by atoms with E-state index in [9.17, 15) is 13.6 Å². The van der Waals surface area contributed by atoms with Crippen molar-refractivity contribution in [2.75, 3.05) is 7.11 Å². The summed E-state index contributed by atoms with van der Waals surface area (Å²) in [6.45, 7) is 0. The maximum absolute atomic E-state index is 13.2. The van der Waals surface area contributed by atoms with Crippen molar-refractivity contribution in [2.24, 2.45) is 5.92 Å². The summed E-state index contributed by atoms with van der Waals surface area (Å²) >= 11 is 0.690. The van der Waals surface area contributed by atoms with Gasteiger partial charge in [0.05, 0.1) is 18.9 Å². The van der Waals surface area contributed by atoms with Crippen molar-refractivity contribution >= 4 is 27.9 Å². The number of pyridine rings is 2. The van der Waals surface area contributed by atoms with Gasteiger partial charge in [-0.2, -0.15) is 0 Å². The molecule has 2 aromatic heterocycles. The van der Waals surface area contributed by atoms with E-state index in [0.717, 1.165) is 25.1 Å². The number of alkyl halides is 2. The van der Waals surface area contributed by atoms with E-state index in [2.05, 4.69) is 33.0 Å². The van der Waals surface area contributed by atoms with Crippen molar-refractivity contribution in [3.05, 3.63) is 41.5 Å². The maximum Gasteiger partial charge on any atom is 0.280 e. The number of hydrogen-bond acceptors (Lipinski definition) is 7. The standard InChI is InChI=1S/C22H17F2N5O2S/c1-3-13-8-14(15-9-17(20(23)24)28-11-18(15)31-2)16(10-27-13)21(30)29-22(26)32-19(25)7-6-12-4-5-12/h1,8-12,20,25H,4-5H2,2H3,(H2,26,29,30). The molecule has 0 aliphatic heterocycles. The molecule has 1 amide bonds. The van der Waals surface area contributed by atoms with Gasteiger partial charge in [0.1, 0.15) is 22.2 Å². The number of methoxy groups -OCH3 is 1. The molecule has 162 valence electrons. The molecule has 2 aromatic rings. The van der Waals surface area contributed by atoms with Gasteiger partial charge >= 0.3 is 0 Å². The van der Waals surface area contributed by atoms with Gasteiger partial charge in [-0.3, -0.25) is 20.6 Å². The monoisotopic (exact) mass is 453 g/mol. The number of halogens is 2. The van der Waals surface area contributed by atoms with E-state index >= 15 is 0 Å². The van der Waals surface area contributed by atoms with Crippen molar-refractivity contribution in [3.63, 3.8) is 0 Å². The number of amides is 1. The smallest absolute Gasteiger partial charge is 0.280 e. The predicted octanol–water partition coefficient (Wildman–Crippen LogP) is 3.86. The molecule has 1 fully saturated rings. The molecule has 1 aliphatic carbocycles. The highest BCUT2D eigenvalue weighted by Crippen LogP contribution is 2.34. The lowest BCUT2D eigenvalue weighted by atomic mass is 9.99. The van der Waals surface area contributed by atoms with Gasteiger partial charge in [0.15, 0.2) is 5.17 Å². The zero-order chi connectivity index (χ0) is 23.3. The van der Waals surface area contributed by atoms with Gasteiger partial charge in [-0.1, -0.05) is 11.8 Å². The minimum atomic E-state index is -2.83. The van der Waals surface area contributed by atoms with Crippen LogP contribution in [0, 0.1) is 40.9 Å². The molecule has 10 heteroatoms. The molecule has 3 rings (SSSR count). The maximum atomic E-state index is 13.2. The summed E-state index contributed by atoms with van der Waals surface area (Å²) < 4.78 is 31.7. The number of hydrogen-bond donors (Lipinski definition) is 3. The fourth-order valence-corrected chi connectivity index (χ4v) is 3.07. The number of amidine groups is 1. The minimum absolute atomic E-state index is 0.0188. The van der Waals surface area contributed by atoms with E-state index in [1.165, 1.54) is 19.4 Å². The molecule has 1 aliphatic rings. The summed E-state index contributed by atoms with van der Waals surface area (Å²) in [7, 11) is 1.34. The van der Waals surface area contributed by atoms with E-state index < -0.39 is 18.0 Å². The third kappa shape index (κ3) is 5.68. The van der Waals surface area contributed by atoms with Crippen LogP contribution >= 0.6 is 11.8 Å². The molecule has 7 nitrogen and oxygen atoms in total. The quantitative estimate of drug-likeness (QED) is 0.370. The van der Waals surface area contributed by atoms with Crippen molar-refractivity contribution in [1.29, 1.82) is 10.8 Å². The highest BCUT2D eigenvalue weighted by atomic mass is 32.2. The summed E-state index contributed by atoms with van der Waals surface area (Å²) in [5, 5.41) is 17.7. The van der Waals surface area contributed by atoms with Crippen LogP contribution in [0.25, 0.3) is 11.1 Å². The third-order valence-electron chi connectivity index (χ3n) is 4.32. The van der Waals surface area contributed by atoms with Crippen molar-refractivity contribution < 1.29 is 18.3 Å². The summed E-state index contributed by atoms with van der Waals surface area (Å²) in [6, 6.07) is 2.50. The lowest BCUT2D eigenvalue weighted by Gasteiger charge is -2.14. The van der Waals surface area contributed by atoms with Gasteiger partial charge in [-0.15, -0.1) is 6.42 Å². The van der Waals surface area contributed by atoms with Crippen LogP contribution in [0.1, 0.15) is 41.0 Å². The number of thioether (sulfide) groups is 1. The molecule has 0 aromatic carbocycles. The molecule has 0 radical (unpaired) electrons. The number of aromatic nitrogens is 2. The number of rotatable bonds is 4. The zero-order valence-electron chi connectivity index (χ0n) is 16.8. The van der Waals surface area contributed by atoms with Gasteiger partial charge in [0.25, 0.3) is 12.3 Å². The fraction of sp³-hybridized carbons (Fsp3) is 0.227. The SMILES string of the molecule is C#Cc1cc(-c2cc(C(F)F)ncc2OC)c(C(=O)NC(=N)SC(=N)C#CC2CC2)cn1. The lowest BCUT2D eigenvalue weighted by Crippen LogP contribution is -2.29. The minimum Gasteiger partial charge on any atom is -0.494 e. The first-order valence-corrected chi connectivity index (χ1v) is 10.1. The summed E-state index contributed by atoms with van der Waals surface area (Å²) in [5.41, 5.74) is 0.0135. The Labute approximate surface area is 187 Å². The Bertz CT molecular complexity index is 1190. The number of nitrogens with one attached hydrogen (secondary N) is 3. The molecule has 0 unspecified atom stereocenters. The second-order valence-corrected chi connectivity index (χ2v) is 7.65. The van der Waals surface area contributed by atoms with Gasteiger partial charge in [0.2, 0.25) is 0 Å². The van der Waals surface area contributed by atoms with Crippen molar-refractivity contribution in [2.45, 2.75) is 19.3 Å². The zero-order valence-corrected chi connectivity index (χ0v) is 17.6. The molecule has 1 saturated carbocycles. The first-order chi connectivity index (χ1) is 15.3. The Balaban J connectivity index is 1.91. The molecule has 0 atom stereocenters. The molecule has 2 heterocycles. The molecule has 3 N–H and O–H groups in total. The van der Waals surface area contributed by atoms with Crippen LogP contribution in [0.15, 0.2) is 24.5 Å². The van der Waals surface area contributed by atoms with Crippen LogP contribution in [0.3, 0.4) is 0 Å². The highest BCUT2D eigenvalue weighted by Gasteiger charge is 2.22. The molecule has 0 bridgehead atoms. The van der Waals surface area contributed by atoms with Crippen LogP contribution < -0.4 is 10.1 Å². The molecule has 0 saturated heterocycles. The molecular formula is C22H17F2N5O2S. The van der Waals surface area contributed by atoms with Crippen LogP contribution in [0.4, 0.5) is 8.78 Å². The first-order valence-electron chi connectivity index (χ1n) is 9.29. The van der Waals surface area contributed by atoms with Crippen molar-refractivity contribution in [3.8, 4) is 41.1 Å². The topological polar surface area (TPSA) is 112 Å². The first kappa shape index (κ1) is 22.9.